The number of nitrogens with zero attached hydrogens (tertiary/aromatic N) is 1. The standard InChI is InChI=1S/C16H21BrN2O3/c1-3-19(9-15(20)21)13-7-12(8-13)18-16(22)11-4-5-14(17)10(2)6-11/h4-6,12-13H,3,7-9H2,1-2H3,(H,18,22)(H,20,21). The average Bonchev–Trinajstić information content (AvgIpc) is 2.42. The maximum absolute atomic E-state index is 12.2. The van der Waals surface area contributed by atoms with E-state index in [4.69, 9.17) is 5.11 Å². The molecule has 5 nitrogen and oxygen atoms in total. The predicted octanol–water partition coefficient (Wildman–Crippen LogP) is 2.42. The number of carboxylic acids is 1. The van der Waals surface area contributed by atoms with Crippen LogP contribution in [0.1, 0.15) is 35.7 Å². The lowest BCUT2D eigenvalue weighted by Gasteiger charge is -2.42. The number of carboxylic acid groups (broad SMARTS) is 1. The van der Waals surface area contributed by atoms with Crippen LogP contribution < -0.4 is 5.32 Å². The van der Waals surface area contributed by atoms with E-state index >= 15 is 0 Å². The van der Waals surface area contributed by atoms with Crippen LogP contribution in [0.3, 0.4) is 0 Å². The molecule has 120 valence electrons. The number of likely N-dealkylation sites (N-methyl/N-ethyl adjacent to an activating group) is 1. The molecule has 1 fully saturated rings. The maximum atomic E-state index is 12.2. The minimum atomic E-state index is -0.806. The van der Waals surface area contributed by atoms with E-state index in [1.807, 2.05) is 30.9 Å². The molecule has 0 heterocycles. The quantitative estimate of drug-likeness (QED) is 0.808. The second-order valence-corrected chi connectivity index (χ2v) is 6.57. The monoisotopic (exact) mass is 368 g/mol. The first kappa shape index (κ1) is 17.0. The summed E-state index contributed by atoms with van der Waals surface area (Å²) in [5, 5.41) is 11.9. The zero-order chi connectivity index (χ0) is 16.3. The van der Waals surface area contributed by atoms with Crippen LogP contribution in [-0.2, 0) is 4.79 Å². The number of hydrogen-bond donors (Lipinski definition) is 2. The summed E-state index contributed by atoms with van der Waals surface area (Å²) in [6.45, 7) is 4.68. The Bertz CT molecular complexity index is 571. The van der Waals surface area contributed by atoms with Crippen LogP contribution in [0.25, 0.3) is 0 Å². The van der Waals surface area contributed by atoms with Gasteiger partial charge in [0.2, 0.25) is 0 Å². The molecule has 0 radical (unpaired) electrons. The first-order valence-electron chi connectivity index (χ1n) is 7.43. The van der Waals surface area contributed by atoms with Gasteiger partial charge in [0.05, 0.1) is 6.54 Å². The molecule has 0 aliphatic heterocycles. The number of rotatable bonds is 6. The van der Waals surface area contributed by atoms with Crippen molar-refractivity contribution in [3.8, 4) is 0 Å². The topological polar surface area (TPSA) is 69.6 Å². The van der Waals surface area contributed by atoms with Crippen molar-refractivity contribution < 1.29 is 14.7 Å². The predicted molar refractivity (Wildman–Crippen MR) is 88.0 cm³/mol. The Balaban J connectivity index is 1.85. The Morgan fingerprint density at radius 3 is 2.64 bits per heavy atom. The molecule has 0 unspecified atom stereocenters. The van der Waals surface area contributed by atoms with Crippen LogP contribution in [0.5, 0.6) is 0 Å². The van der Waals surface area contributed by atoms with Gasteiger partial charge in [-0.25, -0.2) is 0 Å². The van der Waals surface area contributed by atoms with Crippen molar-refractivity contribution in [2.45, 2.75) is 38.8 Å². The number of aryl methyl sites for hydroxylation is 1. The van der Waals surface area contributed by atoms with Gasteiger partial charge in [-0.05, 0) is 50.1 Å². The molecule has 0 saturated heterocycles. The van der Waals surface area contributed by atoms with Crippen molar-refractivity contribution in [2.75, 3.05) is 13.1 Å². The highest BCUT2D eigenvalue weighted by atomic mass is 79.9. The van der Waals surface area contributed by atoms with E-state index in [0.29, 0.717) is 12.1 Å². The summed E-state index contributed by atoms with van der Waals surface area (Å²) < 4.78 is 0.986. The molecule has 6 heteroatoms. The fourth-order valence-electron chi connectivity index (χ4n) is 2.73. The van der Waals surface area contributed by atoms with Crippen LogP contribution in [0.4, 0.5) is 0 Å². The van der Waals surface area contributed by atoms with Crippen LogP contribution in [0.2, 0.25) is 0 Å². The van der Waals surface area contributed by atoms with Crippen molar-refractivity contribution in [2.24, 2.45) is 0 Å². The lowest BCUT2D eigenvalue weighted by atomic mass is 9.85. The molecule has 0 atom stereocenters. The molecule has 1 aliphatic rings. The summed E-state index contributed by atoms with van der Waals surface area (Å²) in [6.07, 6.45) is 1.62. The van der Waals surface area contributed by atoms with E-state index in [9.17, 15) is 9.59 Å². The van der Waals surface area contributed by atoms with Gasteiger partial charge in [-0.15, -0.1) is 0 Å². The van der Waals surface area contributed by atoms with E-state index in [1.54, 1.807) is 6.07 Å². The fraction of sp³-hybridized carbons (Fsp3) is 0.500. The van der Waals surface area contributed by atoms with Gasteiger partial charge in [0, 0.05) is 22.1 Å². The minimum absolute atomic E-state index is 0.0632. The third kappa shape index (κ3) is 4.08. The molecule has 2 N–H and O–H groups in total. The van der Waals surface area contributed by atoms with Crippen LogP contribution >= 0.6 is 15.9 Å². The van der Waals surface area contributed by atoms with Crippen LogP contribution in [0.15, 0.2) is 22.7 Å². The molecule has 22 heavy (non-hydrogen) atoms. The summed E-state index contributed by atoms with van der Waals surface area (Å²) in [4.78, 5) is 24.9. The molecule has 0 bridgehead atoms. The third-order valence-electron chi connectivity index (χ3n) is 4.13. The number of halogens is 1. The minimum Gasteiger partial charge on any atom is -0.480 e. The Kier molecular flexibility index (Phi) is 5.58. The number of carbonyl (C=O) groups is 2. The zero-order valence-corrected chi connectivity index (χ0v) is 14.4. The maximum Gasteiger partial charge on any atom is 0.317 e. The lowest BCUT2D eigenvalue weighted by molar-refractivity contribution is -0.139. The Labute approximate surface area is 138 Å². The van der Waals surface area contributed by atoms with Crippen LogP contribution in [-0.4, -0.2) is 47.1 Å². The summed E-state index contributed by atoms with van der Waals surface area (Å²) in [7, 11) is 0. The van der Waals surface area contributed by atoms with Gasteiger partial charge < -0.3 is 10.4 Å². The van der Waals surface area contributed by atoms with Gasteiger partial charge in [-0.1, -0.05) is 22.9 Å². The van der Waals surface area contributed by atoms with Gasteiger partial charge >= 0.3 is 5.97 Å². The number of aliphatic carboxylic acids is 1. The highest BCUT2D eigenvalue weighted by Gasteiger charge is 2.34. The van der Waals surface area contributed by atoms with Gasteiger partial charge in [-0.3, -0.25) is 14.5 Å². The van der Waals surface area contributed by atoms with E-state index in [-0.39, 0.29) is 24.5 Å². The van der Waals surface area contributed by atoms with E-state index < -0.39 is 5.97 Å². The molecule has 1 aliphatic carbocycles. The number of amides is 1. The van der Waals surface area contributed by atoms with Gasteiger partial charge in [-0.2, -0.15) is 0 Å². The first-order chi connectivity index (χ1) is 10.4. The summed E-state index contributed by atoms with van der Waals surface area (Å²) in [5.41, 5.74) is 1.68. The van der Waals surface area contributed by atoms with Crippen molar-refractivity contribution >= 4 is 27.8 Å². The number of nitrogens with one attached hydrogen (secondary N) is 1. The van der Waals surface area contributed by atoms with Gasteiger partial charge in [0.25, 0.3) is 5.91 Å². The molecule has 0 aromatic heterocycles. The van der Waals surface area contributed by atoms with Gasteiger partial charge in [0.1, 0.15) is 0 Å². The second-order valence-electron chi connectivity index (χ2n) is 5.72. The SMILES string of the molecule is CCN(CC(=O)O)C1CC(NC(=O)c2ccc(Br)c(C)c2)C1. The van der Waals surface area contributed by atoms with E-state index in [2.05, 4.69) is 21.2 Å². The van der Waals surface area contributed by atoms with E-state index in [1.165, 1.54) is 0 Å². The highest BCUT2D eigenvalue weighted by Crippen LogP contribution is 2.26. The first-order valence-corrected chi connectivity index (χ1v) is 8.22. The zero-order valence-electron chi connectivity index (χ0n) is 12.8. The van der Waals surface area contributed by atoms with E-state index in [0.717, 1.165) is 22.9 Å². The normalized spacial score (nSPS) is 20.5. The van der Waals surface area contributed by atoms with Gasteiger partial charge in [0.15, 0.2) is 0 Å². The Morgan fingerprint density at radius 2 is 2.09 bits per heavy atom. The lowest BCUT2D eigenvalue weighted by Crippen LogP contribution is -2.54. The Morgan fingerprint density at radius 1 is 1.41 bits per heavy atom. The highest BCUT2D eigenvalue weighted by molar-refractivity contribution is 9.10. The Hall–Kier alpha value is -1.40. The third-order valence-corrected chi connectivity index (χ3v) is 5.02. The molecule has 1 aromatic carbocycles. The number of benzene rings is 1. The largest absolute Gasteiger partial charge is 0.480 e. The van der Waals surface area contributed by atoms with Crippen molar-refractivity contribution in [3.63, 3.8) is 0 Å². The smallest absolute Gasteiger partial charge is 0.317 e. The molecular formula is C16H21BrN2O3. The van der Waals surface area contributed by atoms with Crippen molar-refractivity contribution in [1.82, 2.24) is 10.2 Å². The molecule has 1 aromatic rings. The van der Waals surface area contributed by atoms with Crippen molar-refractivity contribution in [1.29, 1.82) is 0 Å². The number of hydrogen-bond acceptors (Lipinski definition) is 3. The molecule has 1 saturated carbocycles. The van der Waals surface area contributed by atoms with Crippen molar-refractivity contribution in [3.05, 3.63) is 33.8 Å². The molecular weight excluding hydrogens is 348 g/mol. The molecule has 1 amide bonds. The molecule has 0 spiro atoms. The number of carbonyl (C=O) groups excluding carboxylic acids is 1. The fourth-order valence-corrected chi connectivity index (χ4v) is 2.98. The van der Waals surface area contributed by atoms with Crippen LogP contribution in [0, 0.1) is 6.92 Å². The summed E-state index contributed by atoms with van der Waals surface area (Å²) >= 11 is 3.42. The average molecular weight is 369 g/mol. The molecule has 2 rings (SSSR count). The summed E-state index contributed by atoms with van der Waals surface area (Å²) in [5.74, 6) is -0.875. The summed E-state index contributed by atoms with van der Waals surface area (Å²) in [6, 6.07) is 5.91. The second kappa shape index (κ2) is 7.24.